The fourth-order valence-corrected chi connectivity index (χ4v) is 2.41. The molecule has 6 nitrogen and oxygen atoms in total. The Balaban J connectivity index is 1.78. The SMILES string of the molecule is Cc1nsnc1C(=O)NCc1cccn2nccc12. The zero-order valence-corrected chi connectivity index (χ0v) is 11.0. The highest BCUT2D eigenvalue weighted by Gasteiger charge is 2.13. The minimum absolute atomic E-state index is 0.201. The van der Waals surface area contributed by atoms with Crippen molar-refractivity contribution in [2.24, 2.45) is 0 Å². The van der Waals surface area contributed by atoms with Gasteiger partial charge in [0.05, 0.1) is 22.9 Å². The van der Waals surface area contributed by atoms with Gasteiger partial charge >= 0.3 is 0 Å². The van der Waals surface area contributed by atoms with E-state index in [1.165, 1.54) is 0 Å². The summed E-state index contributed by atoms with van der Waals surface area (Å²) < 4.78 is 9.75. The van der Waals surface area contributed by atoms with E-state index in [9.17, 15) is 4.79 Å². The van der Waals surface area contributed by atoms with Crippen molar-refractivity contribution in [3.63, 3.8) is 0 Å². The lowest BCUT2D eigenvalue weighted by Crippen LogP contribution is -2.24. The molecule has 19 heavy (non-hydrogen) atoms. The Bertz CT molecular complexity index is 732. The van der Waals surface area contributed by atoms with E-state index in [0.29, 0.717) is 17.9 Å². The number of rotatable bonds is 3. The topological polar surface area (TPSA) is 72.2 Å². The number of amides is 1. The highest BCUT2D eigenvalue weighted by atomic mass is 32.1. The maximum atomic E-state index is 11.9. The van der Waals surface area contributed by atoms with Crippen molar-refractivity contribution in [2.45, 2.75) is 13.5 Å². The van der Waals surface area contributed by atoms with Crippen LogP contribution in [0, 0.1) is 6.92 Å². The maximum absolute atomic E-state index is 11.9. The number of carbonyl (C=O) groups excluding carboxylic acids is 1. The van der Waals surface area contributed by atoms with Gasteiger partial charge in [-0.05, 0) is 24.6 Å². The molecule has 7 heteroatoms. The van der Waals surface area contributed by atoms with E-state index in [0.717, 1.165) is 22.8 Å². The summed E-state index contributed by atoms with van der Waals surface area (Å²) in [5.74, 6) is -0.201. The molecule has 3 rings (SSSR count). The van der Waals surface area contributed by atoms with Crippen molar-refractivity contribution >= 4 is 23.2 Å². The molecular weight excluding hydrogens is 262 g/mol. The predicted octanol–water partition coefficient (Wildman–Crippen LogP) is 1.42. The van der Waals surface area contributed by atoms with Gasteiger partial charge < -0.3 is 5.32 Å². The number of aryl methyl sites for hydroxylation is 1. The van der Waals surface area contributed by atoms with Crippen LogP contribution in [-0.2, 0) is 6.54 Å². The molecule has 96 valence electrons. The van der Waals surface area contributed by atoms with E-state index in [1.807, 2.05) is 24.4 Å². The van der Waals surface area contributed by atoms with Crippen LogP contribution in [0.5, 0.6) is 0 Å². The first-order valence-electron chi connectivity index (χ1n) is 5.74. The molecule has 0 atom stereocenters. The molecule has 3 heterocycles. The second-order valence-corrected chi connectivity index (χ2v) is 4.60. The van der Waals surface area contributed by atoms with Crippen molar-refractivity contribution in [1.82, 2.24) is 23.7 Å². The summed E-state index contributed by atoms with van der Waals surface area (Å²) in [6, 6.07) is 5.78. The van der Waals surface area contributed by atoms with Crippen molar-refractivity contribution in [2.75, 3.05) is 0 Å². The van der Waals surface area contributed by atoms with Gasteiger partial charge in [-0.3, -0.25) is 4.79 Å². The van der Waals surface area contributed by atoms with Crippen molar-refractivity contribution in [1.29, 1.82) is 0 Å². The van der Waals surface area contributed by atoms with Crippen LogP contribution >= 0.6 is 11.7 Å². The highest BCUT2D eigenvalue weighted by molar-refractivity contribution is 6.99. The second kappa shape index (κ2) is 4.77. The molecule has 1 N–H and O–H groups in total. The first-order valence-corrected chi connectivity index (χ1v) is 6.47. The third-order valence-corrected chi connectivity index (χ3v) is 3.45. The number of pyridine rings is 1. The average Bonchev–Trinajstić information content (AvgIpc) is 3.04. The Morgan fingerprint density at radius 1 is 1.42 bits per heavy atom. The average molecular weight is 273 g/mol. The standard InChI is InChI=1S/C12H11N5OS/c1-8-11(16-19-15-8)12(18)13-7-9-3-2-6-17-10(9)4-5-14-17/h2-6H,7H2,1H3,(H,13,18). The number of nitrogens with one attached hydrogen (secondary N) is 1. The van der Waals surface area contributed by atoms with Crippen LogP contribution in [0.4, 0.5) is 0 Å². The van der Waals surface area contributed by atoms with Gasteiger partial charge in [0.2, 0.25) is 0 Å². The molecule has 0 aliphatic heterocycles. The van der Waals surface area contributed by atoms with Crippen LogP contribution in [0.15, 0.2) is 30.6 Å². The van der Waals surface area contributed by atoms with E-state index in [1.54, 1.807) is 17.6 Å². The molecule has 1 amide bonds. The molecule has 3 aromatic rings. The van der Waals surface area contributed by atoms with Crippen molar-refractivity contribution < 1.29 is 4.79 Å². The highest BCUT2D eigenvalue weighted by Crippen LogP contribution is 2.10. The molecule has 0 unspecified atom stereocenters. The van der Waals surface area contributed by atoms with Gasteiger partial charge in [0, 0.05) is 18.9 Å². The normalized spacial score (nSPS) is 10.8. The maximum Gasteiger partial charge on any atom is 0.273 e. The van der Waals surface area contributed by atoms with E-state index in [2.05, 4.69) is 19.2 Å². The molecule has 0 spiro atoms. The summed E-state index contributed by atoms with van der Waals surface area (Å²) >= 11 is 1.05. The Morgan fingerprint density at radius 3 is 3.11 bits per heavy atom. The molecular formula is C12H11N5OS. The number of fused-ring (bicyclic) bond motifs is 1. The Hall–Kier alpha value is -2.28. The van der Waals surface area contributed by atoms with E-state index < -0.39 is 0 Å². The van der Waals surface area contributed by atoms with Gasteiger partial charge in [-0.15, -0.1) is 0 Å². The summed E-state index contributed by atoms with van der Waals surface area (Å²) in [6.45, 7) is 2.21. The first-order chi connectivity index (χ1) is 9.25. The van der Waals surface area contributed by atoms with Crippen LogP contribution in [-0.4, -0.2) is 24.3 Å². The fourth-order valence-electron chi connectivity index (χ4n) is 1.86. The lowest BCUT2D eigenvalue weighted by atomic mass is 10.2. The summed E-state index contributed by atoms with van der Waals surface area (Å²) in [7, 11) is 0. The Kier molecular flexibility index (Phi) is 2.96. The minimum atomic E-state index is -0.201. The van der Waals surface area contributed by atoms with Crippen LogP contribution in [0.25, 0.3) is 5.52 Å². The number of hydrogen-bond donors (Lipinski definition) is 1. The lowest BCUT2D eigenvalue weighted by Gasteiger charge is -2.05. The Morgan fingerprint density at radius 2 is 2.32 bits per heavy atom. The predicted molar refractivity (Wildman–Crippen MR) is 71.0 cm³/mol. The number of aromatic nitrogens is 4. The molecule has 0 bridgehead atoms. The molecule has 3 aromatic heterocycles. The van der Waals surface area contributed by atoms with Gasteiger partial charge in [-0.2, -0.15) is 13.8 Å². The van der Waals surface area contributed by atoms with Crippen molar-refractivity contribution in [3.05, 3.63) is 47.5 Å². The van der Waals surface area contributed by atoms with Crippen molar-refractivity contribution in [3.8, 4) is 0 Å². The van der Waals surface area contributed by atoms with E-state index >= 15 is 0 Å². The van der Waals surface area contributed by atoms with Gasteiger partial charge in [0.15, 0.2) is 5.69 Å². The van der Waals surface area contributed by atoms with Gasteiger partial charge in [-0.1, -0.05) is 6.07 Å². The molecule has 0 fully saturated rings. The van der Waals surface area contributed by atoms with Gasteiger partial charge in [0.25, 0.3) is 5.91 Å². The van der Waals surface area contributed by atoms with E-state index in [4.69, 9.17) is 0 Å². The molecule has 0 aliphatic carbocycles. The summed E-state index contributed by atoms with van der Waals surface area (Å²) in [4.78, 5) is 11.9. The summed E-state index contributed by atoms with van der Waals surface area (Å²) in [6.07, 6.45) is 3.60. The quantitative estimate of drug-likeness (QED) is 0.783. The summed E-state index contributed by atoms with van der Waals surface area (Å²) in [5, 5.41) is 7.00. The van der Waals surface area contributed by atoms with Gasteiger partial charge in [-0.25, -0.2) is 4.52 Å². The molecule has 0 saturated heterocycles. The molecule has 0 aromatic carbocycles. The largest absolute Gasteiger partial charge is 0.346 e. The number of nitrogens with zero attached hydrogens (tertiary/aromatic N) is 4. The molecule has 0 radical (unpaired) electrons. The van der Waals surface area contributed by atoms with Crippen LogP contribution in [0.3, 0.4) is 0 Å². The van der Waals surface area contributed by atoms with E-state index in [-0.39, 0.29) is 5.91 Å². The first kappa shape index (κ1) is 11.8. The summed E-state index contributed by atoms with van der Waals surface area (Å²) in [5.41, 5.74) is 3.04. The molecule has 0 saturated carbocycles. The zero-order chi connectivity index (χ0) is 13.2. The van der Waals surface area contributed by atoms with Gasteiger partial charge in [0.1, 0.15) is 0 Å². The zero-order valence-electron chi connectivity index (χ0n) is 10.2. The molecule has 0 aliphatic rings. The smallest absolute Gasteiger partial charge is 0.273 e. The monoisotopic (exact) mass is 273 g/mol. The fraction of sp³-hybridized carbons (Fsp3) is 0.167. The van der Waals surface area contributed by atoms with Crippen LogP contribution in [0.2, 0.25) is 0 Å². The second-order valence-electron chi connectivity index (χ2n) is 4.08. The number of hydrogen-bond acceptors (Lipinski definition) is 5. The van der Waals surface area contributed by atoms with Crippen LogP contribution in [0.1, 0.15) is 21.7 Å². The third-order valence-electron chi connectivity index (χ3n) is 2.83. The third kappa shape index (κ3) is 2.19. The van der Waals surface area contributed by atoms with Crippen LogP contribution < -0.4 is 5.32 Å². The Labute approximate surface area is 113 Å². The lowest BCUT2D eigenvalue weighted by molar-refractivity contribution is 0.0946. The minimum Gasteiger partial charge on any atom is -0.346 e. The number of carbonyl (C=O) groups is 1.